The Balaban J connectivity index is 3.02. The van der Waals surface area contributed by atoms with Crippen LogP contribution in [0.4, 0.5) is 0 Å². The first-order valence-corrected chi connectivity index (χ1v) is 17.9. The molecule has 1 aliphatic rings. The molecule has 1 saturated heterocycles. The van der Waals surface area contributed by atoms with Crippen LogP contribution in [0.5, 0.6) is 0 Å². The van der Waals surface area contributed by atoms with Crippen molar-refractivity contribution < 1.29 is 20.9 Å². The highest BCUT2D eigenvalue weighted by molar-refractivity contribution is 6.91. The van der Waals surface area contributed by atoms with Crippen molar-refractivity contribution in [2.75, 3.05) is 0 Å². The summed E-state index contributed by atoms with van der Waals surface area (Å²) in [5.41, 5.74) is 0. The lowest BCUT2D eigenvalue weighted by atomic mass is 10.3. The Morgan fingerprint density at radius 2 is 1.10 bits per heavy atom. The molecule has 9 heteroatoms. The van der Waals surface area contributed by atoms with E-state index < -0.39 is 34.5 Å². The summed E-state index contributed by atoms with van der Waals surface area (Å²) in [7, 11) is -9.59. The van der Waals surface area contributed by atoms with Crippen molar-refractivity contribution >= 4 is 34.5 Å². The minimum absolute atomic E-state index is 0.117. The minimum Gasteiger partial charge on any atom is -0.416 e. The van der Waals surface area contributed by atoms with E-state index >= 15 is 0 Å². The van der Waals surface area contributed by atoms with Crippen molar-refractivity contribution in [3.8, 4) is 0 Å². The Hall–Kier alpha value is 0.668. The van der Waals surface area contributed by atoms with Gasteiger partial charge in [-0.15, -0.1) is 0 Å². The maximum atomic E-state index is 6.31. The molecule has 0 radical (unpaired) electrons. The summed E-state index contributed by atoms with van der Waals surface area (Å²) in [6.07, 6.45) is 1.05. The van der Waals surface area contributed by atoms with Gasteiger partial charge in [-0.25, -0.2) is 0 Å². The molecule has 0 bridgehead atoms. The largest absolute Gasteiger partial charge is 0.480 e. The highest BCUT2D eigenvalue weighted by Gasteiger charge is 2.54. The summed E-state index contributed by atoms with van der Waals surface area (Å²) in [6.45, 7) is 18.4. The summed E-state index contributed by atoms with van der Waals surface area (Å²) >= 11 is 0. The molecule has 0 N–H and O–H groups in total. The van der Waals surface area contributed by atoms with Gasteiger partial charge < -0.3 is 20.9 Å². The first-order valence-electron chi connectivity index (χ1n) is 7.27. The van der Waals surface area contributed by atoms with Crippen LogP contribution < -0.4 is 0 Å². The lowest BCUT2D eigenvalue weighted by Gasteiger charge is -2.47. The normalized spacial score (nSPS) is 29.2. The van der Waals surface area contributed by atoms with E-state index in [0.717, 1.165) is 6.42 Å². The summed E-state index contributed by atoms with van der Waals surface area (Å²) in [4.78, 5) is 0. The van der Waals surface area contributed by atoms with E-state index in [1.165, 1.54) is 0 Å². The maximum Gasteiger partial charge on any atom is 0.480 e. The van der Waals surface area contributed by atoms with Crippen molar-refractivity contribution in [2.24, 2.45) is 0 Å². The molecule has 1 fully saturated rings. The fourth-order valence-corrected chi connectivity index (χ4v) is 22.7. The molecule has 1 rings (SSSR count). The average Bonchev–Trinajstić information content (AvgIpc) is 2.07. The number of hydrogen-bond acceptors (Lipinski definition) is 5. The fraction of sp³-hybridized carbons (Fsp3) is 1.00. The molecule has 0 aromatic rings. The highest BCUT2D eigenvalue weighted by atomic mass is 28.5. The average molecular weight is 355 g/mol. The molecular formula is C11H30O5Si4. The van der Waals surface area contributed by atoms with Crippen LogP contribution in [-0.4, -0.2) is 40.6 Å². The van der Waals surface area contributed by atoms with Gasteiger partial charge >= 0.3 is 34.5 Å². The fourth-order valence-electron chi connectivity index (χ4n) is 2.66. The third kappa shape index (κ3) is 5.81. The zero-order valence-corrected chi connectivity index (χ0v) is 18.3. The van der Waals surface area contributed by atoms with Gasteiger partial charge in [-0.3, -0.25) is 0 Å². The van der Waals surface area contributed by atoms with E-state index in [9.17, 15) is 0 Å². The van der Waals surface area contributed by atoms with E-state index in [2.05, 4.69) is 20.0 Å². The standard InChI is InChI=1S/C11H30O5Si4/c1-10-11(2)12-20(9)15-18(5,6)13-17(3,4)14-19(7,8)16-20/h11H,10H2,1-9H3. The molecule has 1 aliphatic heterocycles. The maximum absolute atomic E-state index is 6.31. The minimum atomic E-state index is -2.74. The first kappa shape index (κ1) is 18.7. The first-order chi connectivity index (χ1) is 8.78. The second kappa shape index (κ2) is 6.05. The van der Waals surface area contributed by atoms with Crippen LogP contribution in [-0.2, 0) is 20.9 Å². The molecule has 1 unspecified atom stereocenters. The van der Waals surface area contributed by atoms with E-state index in [1.807, 2.05) is 39.7 Å². The van der Waals surface area contributed by atoms with Crippen molar-refractivity contribution in [1.29, 1.82) is 0 Å². The summed E-state index contributed by atoms with van der Waals surface area (Å²) in [6, 6.07) is 0. The van der Waals surface area contributed by atoms with Crippen molar-refractivity contribution in [1.82, 2.24) is 0 Å². The van der Waals surface area contributed by atoms with Crippen LogP contribution in [0.15, 0.2) is 0 Å². The van der Waals surface area contributed by atoms with Gasteiger partial charge in [0.2, 0.25) is 0 Å². The van der Waals surface area contributed by atoms with Crippen LogP contribution in [0, 0.1) is 0 Å². The lowest BCUT2D eigenvalue weighted by molar-refractivity contribution is 0.0889. The second-order valence-electron chi connectivity index (χ2n) is 6.81. The Morgan fingerprint density at radius 3 is 1.45 bits per heavy atom. The Bertz CT molecular complexity index is 326. The van der Waals surface area contributed by atoms with Crippen LogP contribution in [0.1, 0.15) is 20.3 Å². The van der Waals surface area contributed by atoms with E-state index in [0.29, 0.717) is 0 Å². The Labute approximate surface area is 128 Å². The lowest BCUT2D eigenvalue weighted by Crippen LogP contribution is -2.66. The Kier molecular flexibility index (Phi) is 5.66. The van der Waals surface area contributed by atoms with Gasteiger partial charge in [0.15, 0.2) is 0 Å². The van der Waals surface area contributed by atoms with E-state index in [4.69, 9.17) is 20.9 Å². The highest BCUT2D eigenvalue weighted by Crippen LogP contribution is 2.31. The second-order valence-corrected chi connectivity index (χ2v) is 20.4. The monoisotopic (exact) mass is 354 g/mol. The van der Waals surface area contributed by atoms with Gasteiger partial charge in [-0.2, -0.15) is 0 Å². The predicted molar refractivity (Wildman–Crippen MR) is 89.2 cm³/mol. The van der Waals surface area contributed by atoms with Gasteiger partial charge in [-0.1, -0.05) is 6.92 Å². The SMILES string of the molecule is CCC(C)O[Si]1(C)O[Si](C)(C)O[Si](C)(C)O[Si](C)(C)O1. The van der Waals surface area contributed by atoms with Crippen molar-refractivity contribution in [2.45, 2.75) is 72.2 Å². The summed E-state index contributed by atoms with van der Waals surface area (Å²) in [5.74, 6) is 0. The van der Waals surface area contributed by atoms with Crippen LogP contribution in [0.3, 0.4) is 0 Å². The van der Waals surface area contributed by atoms with Crippen LogP contribution in [0.25, 0.3) is 0 Å². The van der Waals surface area contributed by atoms with E-state index in [1.54, 1.807) is 0 Å². The topological polar surface area (TPSA) is 46.2 Å². The van der Waals surface area contributed by atoms with Crippen molar-refractivity contribution in [3.63, 3.8) is 0 Å². The van der Waals surface area contributed by atoms with E-state index in [-0.39, 0.29) is 6.10 Å². The summed E-state index contributed by atoms with van der Waals surface area (Å²) < 4.78 is 31.3. The van der Waals surface area contributed by atoms with Crippen LogP contribution >= 0.6 is 0 Å². The predicted octanol–water partition coefficient (Wildman–Crippen LogP) is 3.56. The van der Waals surface area contributed by atoms with Crippen LogP contribution in [0.2, 0.25) is 45.8 Å². The zero-order valence-electron chi connectivity index (χ0n) is 14.3. The third-order valence-corrected chi connectivity index (χ3v) is 18.4. The van der Waals surface area contributed by atoms with Crippen molar-refractivity contribution in [3.05, 3.63) is 0 Å². The smallest absolute Gasteiger partial charge is 0.416 e. The zero-order chi connectivity index (χ0) is 15.8. The van der Waals surface area contributed by atoms with Gasteiger partial charge in [0.05, 0.1) is 0 Å². The molecule has 0 amide bonds. The molecule has 0 spiro atoms. The third-order valence-electron chi connectivity index (χ3n) is 2.84. The molecule has 0 aliphatic carbocycles. The van der Waals surface area contributed by atoms with Gasteiger partial charge in [0.25, 0.3) is 0 Å². The van der Waals surface area contributed by atoms with Gasteiger partial charge in [-0.05, 0) is 52.6 Å². The van der Waals surface area contributed by atoms with Gasteiger partial charge in [0, 0.05) is 12.7 Å². The molecule has 0 saturated carbocycles. The van der Waals surface area contributed by atoms with Gasteiger partial charge in [0.1, 0.15) is 0 Å². The molecule has 1 atom stereocenters. The molecule has 20 heavy (non-hydrogen) atoms. The molecule has 1 heterocycles. The quantitative estimate of drug-likeness (QED) is 0.725. The summed E-state index contributed by atoms with van der Waals surface area (Å²) in [5, 5.41) is 0. The number of hydrogen-bond donors (Lipinski definition) is 0. The molecule has 5 nitrogen and oxygen atoms in total. The number of rotatable bonds is 3. The molecule has 120 valence electrons. The molecule has 0 aromatic carbocycles. The molecular weight excluding hydrogens is 324 g/mol. The molecule has 0 aromatic heterocycles. The Morgan fingerprint density at radius 1 is 0.750 bits per heavy atom.